The summed E-state index contributed by atoms with van der Waals surface area (Å²) in [4.78, 5) is 50.4. The number of hydrogen-bond acceptors (Lipinski definition) is 8. The van der Waals surface area contributed by atoms with Gasteiger partial charge in [0.25, 0.3) is 0 Å². The number of piperidine rings is 1. The lowest BCUT2D eigenvalue weighted by Crippen LogP contribution is -2.54. The summed E-state index contributed by atoms with van der Waals surface area (Å²) >= 11 is 0. The van der Waals surface area contributed by atoms with Crippen molar-refractivity contribution in [3.63, 3.8) is 0 Å². The van der Waals surface area contributed by atoms with Crippen LogP contribution in [0.5, 0.6) is 0 Å². The predicted octanol–water partition coefficient (Wildman–Crippen LogP) is 1.12. The van der Waals surface area contributed by atoms with Gasteiger partial charge in [0.15, 0.2) is 5.78 Å². The largest absolute Gasteiger partial charge is 0.421 e. The van der Waals surface area contributed by atoms with Crippen LogP contribution in [0.15, 0.2) is 29.4 Å². The zero-order valence-electron chi connectivity index (χ0n) is 17.0. The molecule has 0 saturated carbocycles. The number of nitrogens with zero attached hydrogens (tertiary/aromatic N) is 3. The van der Waals surface area contributed by atoms with Gasteiger partial charge in [0, 0.05) is 23.7 Å². The summed E-state index contributed by atoms with van der Waals surface area (Å²) in [6, 6.07) is 5.58. The van der Waals surface area contributed by atoms with E-state index < -0.39 is 23.6 Å². The number of ether oxygens (including phenoxy) is 2. The monoisotopic (exact) mass is 431 g/mol. The Bertz CT molecular complexity index is 936. The molecule has 3 aliphatic rings. The molecule has 4 rings (SSSR count). The molecule has 0 radical (unpaired) electrons. The van der Waals surface area contributed by atoms with Gasteiger partial charge in [0.2, 0.25) is 0 Å². The Hall–Kier alpha value is -3.14. The van der Waals surface area contributed by atoms with Crippen LogP contribution in [0.4, 0.5) is 4.39 Å². The fourth-order valence-corrected chi connectivity index (χ4v) is 4.12. The third kappa shape index (κ3) is 4.20. The molecular formula is C21H22FN3O6. The molecule has 0 unspecified atom stereocenters. The normalized spacial score (nSPS) is 21.8. The van der Waals surface area contributed by atoms with E-state index in [0.717, 1.165) is 0 Å². The van der Waals surface area contributed by atoms with Gasteiger partial charge in [0.05, 0.1) is 13.0 Å². The zero-order valence-corrected chi connectivity index (χ0v) is 17.0. The highest BCUT2D eigenvalue weighted by molar-refractivity contribution is 6.32. The first kappa shape index (κ1) is 21.1. The molecule has 1 aromatic rings. The highest BCUT2D eigenvalue weighted by Crippen LogP contribution is 2.31. The summed E-state index contributed by atoms with van der Waals surface area (Å²) in [5.74, 6) is -5.49. The first-order chi connectivity index (χ1) is 14.8. The van der Waals surface area contributed by atoms with Crippen molar-refractivity contribution in [2.75, 3.05) is 26.2 Å². The highest BCUT2D eigenvalue weighted by Gasteiger charge is 2.58. The molecule has 164 valence electrons. The molecule has 31 heavy (non-hydrogen) atoms. The molecule has 2 fully saturated rings. The molecule has 2 saturated heterocycles. The quantitative estimate of drug-likeness (QED) is 0.391. The molecule has 10 heteroatoms. The van der Waals surface area contributed by atoms with Crippen LogP contribution in [-0.4, -0.2) is 71.2 Å². The first-order valence-electron chi connectivity index (χ1n) is 10.1. The number of likely N-dealkylation sites (tertiary alicyclic amines) is 1. The van der Waals surface area contributed by atoms with Crippen molar-refractivity contribution >= 4 is 29.3 Å². The van der Waals surface area contributed by atoms with Crippen LogP contribution in [0.25, 0.3) is 0 Å². The number of carbonyl (C=O) groups excluding carboxylic acids is 4. The lowest BCUT2D eigenvalue weighted by molar-refractivity contribution is -0.198. The van der Waals surface area contributed by atoms with Gasteiger partial charge in [-0.25, -0.2) is 19.0 Å². The van der Waals surface area contributed by atoms with Gasteiger partial charge in [0.1, 0.15) is 5.82 Å². The van der Waals surface area contributed by atoms with Crippen LogP contribution >= 0.6 is 0 Å². The summed E-state index contributed by atoms with van der Waals surface area (Å²) in [5, 5.41) is 5.38. The van der Waals surface area contributed by atoms with E-state index in [0.29, 0.717) is 43.8 Å². The number of amides is 1. The Balaban J connectivity index is 1.31. The summed E-state index contributed by atoms with van der Waals surface area (Å²) in [7, 11) is 0. The second-order valence-electron chi connectivity index (χ2n) is 7.96. The molecule has 1 amide bonds. The van der Waals surface area contributed by atoms with Crippen LogP contribution in [0, 0.1) is 11.7 Å². The average Bonchev–Trinajstić information content (AvgIpc) is 3.03. The topological polar surface area (TPSA) is 106 Å². The molecule has 0 bridgehead atoms. The van der Waals surface area contributed by atoms with Gasteiger partial charge in [-0.2, -0.15) is 5.10 Å². The summed E-state index contributed by atoms with van der Waals surface area (Å²) in [6.07, 6.45) is 1.23. The molecule has 0 atom stereocenters. The van der Waals surface area contributed by atoms with E-state index in [2.05, 4.69) is 10.0 Å². The van der Waals surface area contributed by atoms with Gasteiger partial charge in [-0.1, -0.05) is 0 Å². The number of Topliss-reactive ketones (excluding diaryl/α,β-unsaturated/α-hetero) is 1. The van der Waals surface area contributed by atoms with E-state index in [1.807, 2.05) is 0 Å². The van der Waals surface area contributed by atoms with Crippen LogP contribution in [0.2, 0.25) is 0 Å². The van der Waals surface area contributed by atoms with Crippen LogP contribution in [-0.2, 0) is 23.9 Å². The smallest absolute Gasteiger partial charge is 0.404 e. The van der Waals surface area contributed by atoms with E-state index in [-0.39, 0.29) is 30.5 Å². The minimum absolute atomic E-state index is 0.0119. The molecule has 1 aromatic carbocycles. The van der Waals surface area contributed by atoms with E-state index in [1.165, 1.54) is 29.3 Å². The number of halogens is 1. The number of carbonyl (C=O) groups is 4. The second kappa shape index (κ2) is 8.18. The maximum atomic E-state index is 13.1. The van der Waals surface area contributed by atoms with Gasteiger partial charge >= 0.3 is 23.6 Å². The maximum absolute atomic E-state index is 13.1. The van der Waals surface area contributed by atoms with Crippen molar-refractivity contribution in [3.05, 3.63) is 35.6 Å². The van der Waals surface area contributed by atoms with E-state index in [4.69, 9.17) is 9.47 Å². The lowest BCUT2D eigenvalue weighted by atomic mass is 9.89. The van der Waals surface area contributed by atoms with Crippen molar-refractivity contribution in [1.82, 2.24) is 9.91 Å². The summed E-state index contributed by atoms with van der Waals surface area (Å²) < 4.78 is 22.9. The van der Waals surface area contributed by atoms with Gasteiger partial charge in [-0.15, -0.1) is 0 Å². The number of ketones is 1. The fraction of sp³-hybridized carbons (Fsp3) is 0.476. The second-order valence-corrected chi connectivity index (χ2v) is 7.96. The molecule has 9 nitrogen and oxygen atoms in total. The van der Waals surface area contributed by atoms with E-state index in [9.17, 15) is 23.6 Å². The first-order valence-corrected chi connectivity index (χ1v) is 10.1. The van der Waals surface area contributed by atoms with Crippen molar-refractivity contribution in [1.29, 1.82) is 0 Å². The number of esters is 2. The minimum Gasteiger partial charge on any atom is -0.404 e. The molecule has 3 aliphatic heterocycles. The van der Waals surface area contributed by atoms with Crippen molar-refractivity contribution in [2.24, 2.45) is 11.0 Å². The molecule has 0 aliphatic carbocycles. The third-order valence-electron chi connectivity index (χ3n) is 5.74. The Morgan fingerprint density at radius 1 is 1.10 bits per heavy atom. The molecule has 0 N–H and O–H groups in total. The van der Waals surface area contributed by atoms with Crippen molar-refractivity contribution < 1.29 is 33.0 Å². The Labute approximate surface area is 177 Å². The number of hydrogen-bond donors (Lipinski definition) is 0. The third-order valence-corrected chi connectivity index (χ3v) is 5.74. The van der Waals surface area contributed by atoms with Crippen LogP contribution in [0.3, 0.4) is 0 Å². The molecule has 3 heterocycles. The predicted molar refractivity (Wildman–Crippen MR) is 104 cm³/mol. The number of benzene rings is 1. The van der Waals surface area contributed by atoms with Crippen molar-refractivity contribution in [2.45, 2.75) is 32.0 Å². The SMILES string of the molecule is CC1=NN(CCN2CCC(C(=O)c3ccc(F)cc3)CC2)C(=O)C2(C1)OC(=O)C(=O)O2. The van der Waals surface area contributed by atoms with Gasteiger partial charge < -0.3 is 14.4 Å². The maximum Gasteiger partial charge on any atom is 0.421 e. The van der Waals surface area contributed by atoms with Gasteiger partial charge in [-0.05, 0) is 57.1 Å². The number of hydrazone groups is 1. The van der Waals surface area contributed by atoms with Gasteiger partial charge in [-0.3, -0.25) is 9.59 Å². The van der Waals surface area contributed by atoms with E-state index in [1.54, 1.807) is 6.92 Å². The highest BCUT2D eigenvalue weighted by atomic mass is 19.1. The number of rotatable bonds is 5. The molecule has 1 spiro atoms. The summed E-state index contributed by atoms with van der Waals surface area (Å²) in [5.41, 5.74) is 1.01. The Morgan fingerprint density at radius 3 is 2.32 bits per heavy atom. The van der Waals surface area contributed by atoms with Crippen LogP contribution < -0.4 is 0 Å². The standard InChI is InChI=1S/C21H22FN3O6/c1-13-12-21(30-18(27)19(28)31-21)20(29)25(23-13)11-10-24-8-6-15(7-9-24)17(26)14-2-4-16(22)5-3-14/h2-5,15H,6-12H2,1H3. The lowest BCUT2D eigenvalue weighted by Gasteiger charge is -2.35. The Morgan fingerprint density at radius 2 is 1.71 bits per heavy atom. The van der Waals surface area contributed by atoms with E-state index >= 15 is 0 Å². The molecular weight excluding hydrogens is 409 g/mol. The fourth-order valence-electron chi connectivity index (χ4n) is 4.12. The Kier molecular flexibility index (Phi) is 5.57. The minimum atomic E-state index is -1.95. The van der Waals surface area contributed by atoms with Crippen molar-refractivity contribution in [3.8, 4) is 0 Å². The van der Waals surface area contributed by atoms with Crippen LogP contribution in [0.1, 0.15) is 36.5 Å². The zero-order chi connectivity index (χ0) is 22.2. The molecule has 0 aromatic heterocycles. The summed E-state index contributed by atoms with van der Waals surface area (Å²) in [6.45, 7) is 3.71. The average molecular weight is 431 g/mol.